The van der Waals surface area contributed by atoms with Crippen molar-refractivity contribution in [3.8, 4) is 0 Å². The molecule has 0 aromatic rings. The molecule has 0 unspecified atom stereocenters. The Morgan fingerprint density at radius 1 is 0.119 bits per heavy atom. The Bertz CT molecular complexity index is 2640. The van der Waals surface area contributed by atoms with Gasteiger partial charge in [-0.25, -0.2) is 0 Å². The molecule has 0 fully saturated rings. The fourth-order valence-electron chi connectivity index (χ4n) is 6.09. The van der Waals surface area contributed by atoms with E-state index < -0.39 is 304 Å². The minimum absolute atomic E-state index is 0. The summed E-state index contributed by atoms with van der Waals surface area (Å²) in [7, 11) is 0. The van der Waals surface area contributed by atoms with Crippen LogP contribution in [0.1, 0.15) is 0 Å². The second-order valence-corrected chi connectivity index (χ2v) is 23.7. The number of aliphatic hydroxyl groups excluding tert-OH is 40. The maximum absolute atomic E-state index is 9.95. The third-order valence-corrected chi connectivity index (χ3v) is 14.0. The van der Waals surface area contributed by atoms with E-state index in [1.165, 1.54) is 0 Å². The molecule has 0 aromatic carbocycles. The van der Waals surface area contributed by atoms with Gasteiger partial charge >= 0.3 is 85.3 Å². The van der Waals surface area contributed by atoms with Gasteiger partial charge in [0.1, 0.15) is 244 Å². The van der Waals surface area contributed by atoms with Crippen LogP contribution in [0, 0.1) is 0 Å². The molecule has 70 nitrogen and oxygen atoms in total. The molecule has 790 valence electrons. The van der Waals surface area contributed by atoms with Gasteiger partial charge < -0.3 is 351 Å². The van der Waals surface area contributed by atoms with E-state index in [1.807, 2.05) is 0 Å². The number of carbonyl (C=O) groups is 20. The Hall–Kier alpha value is -7.60. The minimum atomic E-state index is -2.36. The van der Waals surface area contributed by atoms with Crippen molar-refractivity contribution in [1.29, 1.82) is 0 Å². The molecule has 0 aliphatic rings. The van der Waals surface area contributed by atoms with Gasteiger partial charge in [0.2, 0.25) is 0 Å². The number of aldehydes is 10. The molecule has 0 heterocycles. The monoisotopic (exact) mass is 2210 g/mol. The smallest absolute Gasteiger partial charge is 0.547 e. The van der Waals surface area contributed by atoms with E-state index in [4.69, 9.17) is 204 Å². The van der Waals surface area contributed by atoms with Crippen molar-refractivity contribution >= 4 is 123 Å². The molecule has 0 saturated carbocycles. The van der Waals surface area contributed by atoms with Crippen LogP contribution in [0.15, 0.2) is 0 Å². The van der Waals surface area contributed by atoms with Crippen molar-refractivity contribution in [3.63, 3.8) is 0 Å². The van der Waals surface area contributed by atoms with Gasteiger partial charge in [0.25, 0.3) is 0 Å². The zero-order valence-corrected chi connectivity index (χ0v) is 71.3. The minimum Gasteiger partial charge on any atom is -0.547 e. The zero-order chi connectivity index (χ0) is 106. The van der Waals surface area contributed by atoms with Gasteiger partial charge in [-0.15, -0.1) is 0 Å². The fraction of sp³-hybridized carbons (Fsp3) is 0.667. The third-order valence-electron chi connectivity index (χ3n) is 14.0. The van der Waals surface area contributed by atoms with Crippen molar-refractivity contribution in [2.75, 3.05) is 0 Å². The number of carbonyl (C=O) groups excluding carboxylic acids is 20. The van der Waals surface area contributed by atoms with Crippen LogP contribution in [0.25, 0.3) is 0 Å². The van der Waals surface area contributed by atoms with E-state index in [9.17, 15) is 147 Å². The number of carboxylic acids is 10. The number of hydrogen-bond donors (Lipinski definition) is 40. The molecule has 0 aromatic heterocycles. The van der Waals surface area contributed by atoms with Gasteiger partial charge in [-0.1, -0.05) is 0 Å². The average molecular weight is 2210 g/mol. The average Bonchev–Trinajstić information content (AvgIpc) is 0.954. The fourth-order valence-corrected chi connectivity index (χ4v) is 6.09. The van der Waals surface area contributed by atoms with Crippen molar-refractivity contribution in [2.24, 2.45) is 0 Å². The van der Waals surface area contributed by atoms with Crippen LogP contribution in [-0.4, -0.2) is 571 Å². The Balaban J connectivity index is -0.0000000908. The zero-order valence-electron chi connectivity index (χ0n) is 65.8. The van der Waals surface area contributed by atoms with E-state index in [-0.39, 0.29) is 148 Å². The molecule has 40 atom stereocenters. The van der Waals surface area contributed by atoms with Gasteiger partial charge in [0.05, 0.1) is 59.7 Å². The summed E-state index contributed by atoms with van der Waals surface area (Å²) < 4.78 is 0. The Labute approximate surface area is 799 Å². The number of rotatable bonds is 50. The molecule has 0 saturated heterocycles. The van der Waals surface area contributed by atoms with E-state index in [0.717, 1.165) is 0 Å². The summed E-state index contributed by atoms with van der Waals surface area (Å²) >= 11 is 0. The van der Waals surface area contributed by atoms with Crippen LogP contribution in [0.3, 0.4) is 0 Å². The molecular weight excluding hydrogens is 2120 g/mol. The largest absolute Gasteiger partial charge is 2.00 e. The van der Waals surface area contributed by atoms with E-state index in [2.05, 4.69) is 0 Å². The maximum Gasteiger partial charge on any atom is 2.00 e. The topological polar surface area (TPSA) is 1380 Å². The molecule has 0 rings (SSSR count). The first kappa shape index (κ1) is 161. The number of hydrogen-bond acceptors (Lipinski definition) is 70. The summed E-state index contributed by atoms with van der Waals surface area (Å²) in [6.45, 7) is 0. The predicted octanol–water partition coefficient (Wildman–Crippen LogP) is -46.2. The number of aliphatic hydroxyl groups is 40. The first-order valence-electron chi connectivity index (χ1n) is 33.0. The number of aliphatic carboxylic acids is 10. The molecule has 0 amide bonds. The van der Waals surface area contributed by atoms with E-state index in [0.29, 0.717) is 0 Å². The normalized spacial score (nSPS) is 19.3. The Kier molecular flexibility index (Phi) is 102. The molecule has 0 radical (unpaired) electrons. The first-order chi connectivity index (χ1) is 59.1. The quantitative estimate of drug-likeness (QED) is 0.0199. The number of carboxylic acid groups (broad SMARTS) is 10. The SMILES string of the molecule is O=C[C@H](O)[C@@H](O)[C@@H](O)[C@H](O)C(=O)[O-].O=C[C@H](O)[C@@H](O)[C@@H](O)[C@H](O)C(=O)[O-].O=C[C@H](O)[C@@H](O)[C@@H](O)[C@H](O)C(=O)[O-].O=C[C@H](O)[C@@H](O)[C@@H](O)[C@H](O)C(=O)[O-].O=C[C@H](O)[C@@H](O)[C@@H](O)[C@H](O)C(=O)[O-].O=C[C@H](O)[C@@H](O)[C@@H](O)[C@H](O)C(=O)[O-].O=C[C@H](O)[C@@H](O)[C@@H](O)[C@H](O)C(=O)[O-].O=C[C@H](O)[C@@H](O)[C@@H](O)[C@H](O)C(=O)[O-].O=C[C@H](O)[C@@H](O)[C@@H](O)[C@H](O)C(=O)[O-].O=C[C@H](O)[C@@H](O)[C@@H](O)[C@H](O)C(=O)[O-].[Fe+2].[Fe+2].[Fe+2].[Fe+2].[Fe+2]. The van der Waals surface area contributed by atoms with Gasteiger partial charge in [0.15, 0.2) is 62.9 Å². The molecule has 75 heteroatoms. The van der Waals surface area contributed by atoms with Crippen LogP contribution in [0.4, 0.5) is 0 Å². The van der Waals surface area contributed by atoms with Crippen LogP contribution < -0.4 is 51.1 Å². The van der Waals surface area contributed by atoms with Gasteiger partial charge in [0, 0.05) is 0 Å². The summed E-state index contributed by atoms with van der Waals surface area (Å²) in [5.41, 5.74) is 0. The maximum atomic E-state index is 9.95. The first-order valence-corrected chi connectivity index (χ1v) is 33.0. The van der Waals surface area contributed by atoms with Crippen LogP contribution in [0.2, 0.25) is 0 Å². The molecule has 0 bridgehead atoms. The van der Waals surface area contributed by atoms with Crippen molar-refractivity contribution in [2.45, 2.75) is 244 Å². The Morgan fingerprint density at radius 2 is 0.163 bits per heavy atom. The summed E-state index contributed by atoms with van der Waals surface area (Å²) in [5.74, 6) is -20.1. The van der Waals surface area contributed by atoms with Crippen molar-refractivity contribution < 1.29 is 437 Å². The van der Waals surface area contributed by atoms with E-state index >= 15 is 0 Å². The van der Waals surface area contributed by atoms with Crippen LogP contribution in [0.5, 0.6) is 0 Å². The van der Waals surface area contributed by atoms with Gasteiger partial charge in [-0.05, 0) is 0 Å². The molecule has 40 N–H and O–H groups in total. The molecule has 0 aliphatic carbocycles. The van der Waals surface area contributed by atoms with Crippen LogP contribution >= 0.6 is 0 Å². The Morgan fingerprint density at radius 3 is 0.193 bits per heavy atom. The van der Waals surface area contributed by atoms with E-state index in [1.54, 1.807) is 0 Å². The second-order valence-electron chi connectivity index (χ2n) is 23.7. The summed E-state index contributed by atoms with van der Waals surface area (Å²) in [6.07, 6.45) is -86.5. The summed E-state index contributed by atoms with van der Waals surface area (Å²) in [5, 5.41) is 448. The standard InChI is InChI=1S/10C6H10O7.5Fe/c10*7-1-2(8)3(9)4(10)5(11)6(12)13;;;;;/h10*1-5,8-11H,(H,12,13);;;;;/q;;;;;;;;;;5*+2/p-10/t10*2-,3+,4+,5-;;;;;/m0000000000...../s1. The molecular formula is C60H90Fe5O70. The summed E-state index contributed by atoms with van der Waals surface area (Å²) in [6, 6.07) is 0. The van der Waals surface area contributed by atoms with Crippen LogP contribution in [-0.2, 0) is 181 Å². The predicted molar refractivity (Wildman–Crippen MR) is 351 cm³/mol. The summed E-state index contributed by atoms with van der Waals surface area (Å²) in [4.78, 5) is 198. The molecule has 0 aliphatic heterocycles. The van der Waals surface area contributed by atoms with Crippen molar-refractivity contribution in [1.82, 2.24) is 0 Å². The molecule has 0 spiro atoms. The van der Waals surface area contributed by atoms with Crippen molar-refractivity contribution in [3.05, 3.63) is 0 Å². The van der Waals surface area contributed by atoms with Gasteiger partial charge in [-0.2, -0.15) is 0 Å². The molecule has 135 heavy (non-hydrogen) atoms. The van der Waals surface area contributed by atoms with Gasteiger partial charge in [-0.3, -0.25) is 0 Å². The third kappa shape index (κ3) is 65.8. The second kappa shape index (κ2) is 85.6.